The van der Waals surface area contributed by atoms with Crippen molar-refractivity contribution < 1.29 is 22.7 Å². The predicted molar refractivity (Wildman–Crippen MR) is 55.8 cm³/mol. The third-order valence-corrected chi connectivity index (χ3v) is 2.43. The van der Waals surface area contributed by atoms with Gasteiger partial charge in [-0.05, 0) is 29.2 Å². The first-order valence-electron chi connectivity index (χ1n) is 5.08. The number of aliphatic hydroxyl groups excluding tert-OH is 1. The van der Waals surface area contributed by atoms with Gasteiger partial charge in [-0.1, -0.05) is 20.8 Å². The van der Waals surface area contributed by atoms with Gasteiger partial charge in [0.05, 0.1) is 11.7 Å². The van der Waals surface area contributed by atoms with Crippen LogP contribution in [0.25, 0.3) is 0 Å². The molecule has 0 saturated carbocycles. The highest BCUT2D eigenvalue weighted by molar-refractivity contribution is 5.33. The van der Waals surface area contributed by atoms with E-state index < -0.39 is 34.6 Å². The van der Waals surface area contributed by atoms with E-state index in [4.69, 9.17) is 0 Å². The zero-order chi connectivity index (χ0) is 13.4. The Morgan fingerprint density at radius 2 is 1.65 bits per heavy atom. The average Bonchev–Trinajstić information content (AvgIpc) is 2.13. The van der Waals surface area contributed by atoms with Crippen molar-refractivity contribution in [1.82, 2.24) is 0 Å². The lowest BCUT2D eigenvalue weighted by Gasteiger charge is -2.28. The van der Waals surface area contributed by atoms with Crippen LogP contribution in [0, 0.1) is 11.2 Å². The highest BCUT2D eigenvalue weighted by Gasteiger charge is 2.37. The van der Waals surface area contributed by atoms with Crippen molar-refractivity contribution in [2.45, 2.75) is 33.1 Å². The van der Waals surface area contributed by atoms with Crippen molar-refractivity contribution in [3.63, 3.8) is 0 Å². The van der Waals surface area contributed by atoms with Crippen molar-refractivity contribution in [1.29, 1.82) is 0 Å². The summed E-state index contributed by atoms with van der Waals surface area (Å²) in [4.78, 5) is 0. The Bertz CT molecular complexity index is 404. The zero-order valence-electron chi connectivity index (χ0n) is 9.77. The molecule has 1 aromatic carbocycles. The number of rotatable bonds is 1. The molecule has 0 fully saturated rings. The molecule has 5 heteroatoms. The van der Waals surface area contributed by atoms with Gasteiger partial charge in [-0.15, -0.1) is 0 Å². The van der Waals surface area contributed by atoms with Crippen LogP contribution < -0.4 is 0 Å². The molecule has 0 saturated heterocycles. The molecular formula is C12H14F4O. The van der Waals surface area contributed by atoms with E-state index in [1.54, 1.807) is 20.8 Å². The molecule has 1 aromatic rings. The largest absolute Gasteiger partial charge is 0.416 e. The molecule has 0 aliphatic carbocycles. The maximum Gasteiger partial charge on any atom is 0.416 e. The molecule has 0 aromatic heterocycles. The van der Waals surface area contributed by atoms with E-state index in [0.717, 1.165) is 12.1 Å². The van der Waals surface area contributed by atoms with Gasteiger partial charge in [-0.3, -0.25) is 0 Å². The monoisotopic (exact) mass is 250 g/mol. The molecule has 0 radical (unpaired) electrons. The fourth-order valence-corrected chi connectivity index (χ4v) is 1.48. The Labute approximate surface area is 97.1 Å². The Kier molecular flexibility index (Phi) is 3.52. The van der Waals surface area contributed by atoms with Gasteiger partial charge in [0, 0.05) is 0 Å². The number of halogens is 4. The standard InChI is InChI=1S/C12H14F4O/c1-11(2,3)10(17)8-6-7(13)4-5-9(8)12(14,15)16/h4-6,10,17H,1-3H3. The molecule has 1 N–H and O–H groups in total. The quantitative estimate of drug-likeness (QED) is 0.749. The summed E-state index contributed by atoms with van der Waals surface area (Å²) < 4.78 is 51.1. The van der Waals surface area contributed by atoms with E-state index in [2.05, 4.69) is 0 Å². The molecule has 0 spiro atoms. The van der Waals surface area contributed by atoms with Gasteiger partial charge in [0.2, 0.25) is 0 Å². The van der Waals surface area contributed by atoms with Crippen molar-refractivity contribution >= 4 is 0 Å². The topological polar surface area (TPSA) is 20.2 Å². The zero-order valence-corrected chi connectivity index (χ0v) is 9.77. The van der Waals surface area contributed by atoms with Crippen molar-refractivity contribution in [3.05, 3.63) is 35.1 Å². The second kappa shape index (κ2) is 4.29. The van der Waals surface area contributed by atoms with Crippen LogP contribution in [0.1, 0.15) is 38.0 Å². The lowest BCUT2D eigenvalue weighted by Crippen LogP contribution is -2.22. The van der Waals surface area contributed by atoms with Gasteiger partial charge >= 0.3 is 6.18 Å². The van der Waals surface area contributed by atoms with Crippen LogP contribution in [-0.2, 0) is 6.18 Å². The minimum Gasteiger partial charge on any atom is -0.388 e. The lowest BCUT2D eigenvalue weighted by molar-refractivity contribution is -0.139. The van der Waals surface area contributed by atoms with E-state index in [1.807, 2.05) is 0 Å². The molecule has 1 nitrogen and oxygen atoms in total. The number of aliphatic hydroxyl groups is 1. The Morgan fingerprint density at radius 1 is 1.12 bits per heavy atom. The second-order valence-corrected chi connectivity index (χ2v) is 5.00. The smallest absolute Gasteiger partial charge is 0.388 e. The van der Waals surface area contributed by atoms with E-state index in [-0.39, 0.29) is 0 Å². The predicted octanol–water partition coefficient (Wildman–Crippen LogP) is 3.92. The van der Waals surface area contributed by atoms with E-state index in [0.29, 0.717) is 6.07 Å². The first-order valence-corrected chi connectivity index (χ1v) is 5.08. The van der Waals surface area contributed by atoms with Crippen LogP contribution in [0.2, 0.25) is 0 Å². The third-order valence-electron chi connectivity index (χ3n) is 2.43. The van der Waals surface area contributed by atoms with Crippen LogP contribution in [-0.4, -0.2) is 5.11 Å². The molecule has 0 heterocycles. The molecule has 1 rings (SSSR count). The van der Waals surface area contributed by atoms with Crippen LogP contribution in [0.4, 0.5) is 17.6 Å². The average molecular weight is 250 g/mol. The van der Waals surface area contributed by atoms with Crippen LogP contribution in [0.15, 0.2) is 18.2 Å². The molecule has 0 amide bonds. The summed E-state index contributed by atoms with van der Waals surface area (Å²) in [5.74, 6) is -0.795. The summed E-state index contributed by atoms with van der Waals surface area (Å²) >= 11 is 0. The highest BCUT2D eigenvalue weighted by Crippen LogP contribution is 2.40. The number of alkyl halides is 3. The van der Waals surface area contributed by atoms with Crippen molar-refractivity contribution in [2.24, 2.45) is 5.41 Å². The molecule has 1 atom stereocenters. The van der Waals surface area contributed by atoms with Gasteiger partial charge in [0.1, 0.15) is 5.82 Å². The molecular weight excluding hydrogens is 236 g/mol. The van der Waals surface area contributed by atoms with E-state index in [1.165, 1.54) is 0 Å². The fourth-order valence-electron chi connectivity index (χ4n) is 1.48. The number of benzene rings is 1. The van der Waals surface area contributed by atoms with Crippen LogP contribution >= 0.6 is 0 Å². The van der Waals surface area contributed by atoms with E-state index in [9.17, 15) is 22.7 Å². The van der Waals surface area contributed by atoms with E-state index >= 15 is 0 Å². The summed E-state index contributed by atoms with van der Waals surface area (Å²) in [6, 6.07) is 2.13. The van der Waals surface area contributed by atoms with Crippen LogP contribution in [0.5, 0.6) is 0 Å². The first kappa shape index (κ1) is 14.0. The van der Waals surface area contributed by atoms with Gasteiger partial charge < -0.3 is 5.11 Å². The first-order chi connectivity index (χ1) is 7.53. The Balaban J connectivity index is 3.35. The SMILES string of the molecule is CC(C)(C)C(O)c1cc(F)ccc1C(F)(F)F. The normalized spacial score (nSPS) is 14.8. The molecule has 0 bridgehead atoms. The maximum absolute atomic E-state index is 13.0. The minimum atomic E-state index is -4.60. The van der Waals surface area contributed by atoms with Crippen LogP contribution in [0.3, 0.4) is 0 Å². The summed E-state index contributed by atoms with van der Waals surface area (Å²) in [5.41, 5.74) is -2.22. The summed E-state index contributed by atoms with van der Waals surface area (Å²) in [6.45, 7) is 4.76. The van der Waals surface area contributed by atoms with Gasteiger partial charge in [0.25, 0.3) is 0 Å². The molecule has 17 heavy (non-hydrogen) atoms. The van der Waals surface area contributed by atoms with Gasteiger partial charge in [-0.2, -0.15) is 13.2 Å². The lowest BCUT2D eigenvalue weighted by atomic mass is 9.83. The number of hydrogen-bond acceptors (Lipinski definition) is 1. The molecule has 0 aliphatic heterocycles. The third kappa shape index (κ3) is 3.19. The van der Waals surface area contributed by atoms with Gasteiger partial charge in [-0.25, -0.2) is 4.39 Å². The highest BCUT2D eigenvalue weighted by atomic mass is 19.4. The molecule has 96 valence electrons. The molecule has 0 aliphatic rings. The number of hydrogen-bond donors (Lipinski definition) is 1. The summed E-state index contributed by atoms with van der Waals surface area (Å²) in [5, 5.41) is 9.86. The molecule has 1 unspecified atom stereocenters. The van der Waals surface area contributed by atoms with Crippen molar-refractivity contribution in [2.75, 3.05) is 0 Å². The van der Waals surface area contributed by atoms with Crippen molar-refractivity contribution in [3.8, 4) is 0 Å². The van der Waals surface area contributed by atoms with Gasteiger partial charge in [0.15, 0.2) is 0 Å². The summed E-state index contributed by atoms with van der Waals surface area (Å²) in [7, 11) is 0. The Hall–Kier alpha value is -1.10. The summed E-state index contributed by atoms with van der Waals surface area (Å²) in [6.07, 6.45) is -5.98. The fraction of sp³-hybridized carbons (Fsp3) is 0.500. The second-order valence-electron chi connectivity index (χ2n) is 5.00. The maximum atomic E-state index is 13.0. The minimum absolute atomic E-state index is 0.426. The Morgan fingerprint density at radius 3 is 2.06 bits per heavy atom.